The fraction of sp³-hybridized carbons (Fsp3) is 0.500. The fourth-order valence-corrected chi connectivity index (χ4v) is 2.85. The molecule has 0 bridgehead atoms. The number of aromatic nitrogens is 2. The Morgan fingerprint density at radius 3 is 2.57 bits per heavy atom. The van der Waals surface area contributed by atoms with Gasteiger partial charge in [-0.05, 0) is 32.4 Å². The zero-order chi connectivity index (χ0) is 14.7. The van der Waals surface area contributed by atoms with Crippen molar-refractivity contribution in [2.45, 2.75) is 31.2 Å². The Morgan fingerprint density at radius 1 is 1.19 bits per heavy atom. The first-order chi connectivity index (χ1) is 10.3. The Labute approximate surface area is 124 Å². The lowest BCUT2D eigenvalue weighted by molar-refractivity contribution is 0.0597. The van der Waals surface area contributed by atoms with E-state index in [-0.39, 0.29) is 11.5 Å². The standard InChI is InChI=1S/C16H21N3O2/c1-12(17-2)14-18-15(19-21-14)16(8-10-20-11-9-16)13-6-4-3-5-7-13/h3-7,12,17H,8-11H2,1-2H3. The van der Waals surface area contributed by atoms with E-state index in [2.05, 4.69) is 39.7 Å². The fourth-order valence-electron chi connectivity index (χ4n) is 2.85. The second-order valence-electron chi connectivity index (χ2n) is 5.53. The Kier molecular flexibility index (Phi) is 4.03. The summed E-state index contributed by atoms with van der Waals surface area (Å²) >= 11 is 0. The number of rotatable bonds is 4. The number of benzene rings is 1. The summed E-state index contributed by atoms with van der Waals surface area (Å²) in [6.45, 7) is 3.46. The molecule has 5 heteroatoms. The van der Waals surface area contributed by atoms with Gasteiger partial charge in [-0.2, -0.15) is 4.98 Å². The molecule has 1 aromatic heterocycles. The molecule has 1 fully saturated rings. The van der Waals surface area contributed by atoms with Gasteiger partial charge in [0.25, 0.3) is 0 Å². The Morgan fingerprint density at radius 2 is 1.90 bits per heavy atom. The molecule has 0 amide bonds. The van der Waals surface area contributed by atoms with Crippen LogP contribution in [-0.2, 0) is 10.2 Å². The van der Waals surface area contributed by atoms with Crippen molar-refractivity contribution in [1.82, 2.24) is 15.5 Å². The second kappa shape index (κ2) is 5.95. The first-order valence-corrected chi connectivity index (χ1v) is 7.41. The number of hydrogen-bond acceptors (Lipinski definition) is 5. The highest BCUT2D eigenvalue weighted by Crippen LogP contribution is 2.39. The predicted octanol–water partition coefficient (Wildman–Crippen LogP) is 2.45. The first-order valence-electron chi connectivity index (χ1n) is 7.41. The van der Waals surface area contributed by atoms with Crippen molar-refractivity contribution in [3.63, 3.8) is 0 Å². The normalized spacial score (nSPS) is 19.3. The van der Waals surface area contributed by atoms with Crippen LogP contribution in [0.1, 0.15) is 43.1 Å². The monoisotopic (exact) mass is 287 g/mol. The van der Waals surface area contributed by atoms with Gasteiger partial charge in [-0.1, -0.05) is 35.5 Å². The molecular weight excluding hydrogens is 266 g/mol. The van der Waals surface area contributed by atoms with E-state index < -0.39 is 0 Å². The maximum atomic E-state index is 5.54. The van der Waals surface area contributed by atoms with Crippen LogP contribution in [0.5, 0.6) is 0 Å². The highest BCUT2D eigenvalue weighted by molar-refractivity contribution is 5.33. The molecule has 1 unspecified atom stereocenters. The molecular formula is C16H21N3O2. The lowest BCUT2D eigenvalue weighted by Crippen LogP contribution is -2.36. The van der Waals surface area contributed by atoms with E-state index in [1.54, 1.807) is 0 Å². The average molecular weight is 287 g/mol. The van der Waals surface area contributed by atoms with Gasteiger partial charge in [0.2, 0.25) is 5.89 Å². The van der Waals surface area contributed by atoms with E-state index >= 15 is 0 Å². The van der Waals surface area contributed by atoms with Crippen LogP contribution in [0, 0.1) is 0 Å². The van der Waals surface area contributed by atoms with Gasteiger partial charge in [-0.3, -0.25) is 0 Å². The predicted molar refractivity (Wildman–Crippen MR) is 79.0 cm³/mol. The van der Waals surface area contributed by atoms with E-state index in [1.165, 1.54) is 5.56 Å². The van der Waals surface area contributed by atoms with E-state index in [1.807, 2.05) is 20.0 Å². The molecule has 0 spiro atoms. The number of ether oxygens (including phenoxy) is 1. The summed E-state index contributed by atoms with van der Waals surface area (Å²) in [5.41, 5.74) is 1.03. The molecule has 112 valence electrons. The minimum atomic E-state index is -0.200. The van der Waals surface area contributed by atoms with E-state index in [4.69, 9.17) is 9.26 Å². The third-order valence-electron chi connectivity index (χ3n) is 4.35. The van der Waals surface area contributed by atoms with Crippen LogP contribution in [-0.4, -0.2) is 30.4 Å². The van der Waals surface area contributed by atoms with Crippen LogP contribution in [0.3, 0.4) is 0 Å². The molecule has 2 heterocycles. The average Bonchev–Trinajstić information content (AvgIpc) is 3.06. The molecule has 21 heavy (non-hydrogen) atoms. The van der Waals surface area contributed by atoms with Crippen molar-refractivity contribution in [3.05, 3.63) is 47.6 Å². The molecule has 1 aliphatic rings. The Balaban J connectivity index is 2.02. The van der Waals surface area contributed by atoms with Crippen LogP contribution in [0.2, 0.25) is 0 Å². The van der Waals surface area contributed by atoms with Crippen molar-refractivity contribution in [2.24, 2.45) is 0 Å². The molecule has 1 saturated heterocycles. The Bertz CT molecular complexity index is 576. The number of hydrogen-bond donors (Lipinski definition) is 1. The van der Waals surface area contributed by atoms with Crippen molar-refractivity contribution < 1.29 is 9.26 Å². The first kappa shape index (κ1) is 14.2. The van der Waals surface area contributed by atoms with Gasteiger partial charge < -0.3 is 14.6 Å². The summed E-state index contributed by atoms with van der Waals surface area (Å²) in [7, 11) is 1.88. The second-order valence-corrected chi connectivity index (χ2v) is 5.53. The van der Waals surface area contributed by atoms with Gasteiger partial charge in [-0.15, -0.1) is 0 Å². The van der Waals surface area contributed by atoms with Gasteiger partial charge in [0.15, 0.2) is 5.82 Å². The summed E-state index contributed by atoms with van der Waals surface area (Å²) in [4.78, 5) is 4.66. The summed E-state index contributed by atoms with van der Waals surface area (Å²) in [5.74, 6) is 1.41. The van der Waals surface area contributed by atoms with Gasteiger partial charge in [-0.25, -0.2) is 0 Å². The maximum Gasteiger partial charge on any atom is 0.243 e. The topological polar surface area (TPSA) is 60.2 Å². The summed E-state index contributed by atoms with van der Waals surface area (Å²) in [6, 6.07) is 10.5. The van der Waals surface area contributed by atoms with Gasteiger partial charge in [0, 0.05) is 13.2 Å². The molecule has 1 aromatic carbocycles. The van der Waals surface area contributed by atoms with Crippen molar-refractivity contribution in [1.29, 1.82) is 0 Å². The lowest BCUT2D eigenvalue weighted by atomic mass is 9.73. The molecule has 0 saturated carbocycles. The highest BCUT2D eigenvalue weighted by atomic mass is 16.5. The molecule has 5 nitrogen and oxygen atoms in total. The van der Waals surface area contributed by atoms with Gasteiger partial charge in [0.05, 0.1) is 11.5 Å². The molecule has 0 radical (unpaired) electrons. The van der Waals surface area contributed by atoms with Crippen LogP contribution in [0.4, 0.5) is 0 Å². The van der Waals surface area contributed by atoms with Crippen LogP contribution >= 0.6 is 0 Å². The molecule has 3 rings (SSSR count). The van der Waals surface area contributed by atoms with Crippen LogP contribution < -0.4 is 5.32 Å². The van der Waals surface area contributed by atoms with Crippen molar-refractivity contribution >= 4 is 0 Å². The lowest BCUT2D eigenvalue weighted by Gasteiger charge is -2.34. The van der Waals surface area contributed by atoms with Crippen molar-refractivity contribution in [3.8, 4) is 0 Å². The summed E-state index contributed by atoms with van der Waals surface area (Å²) in [5, 5.41) is 7.40. The van der Waals surface area contributed by atoms with E-state index in [9.17, 15) is 0 Å². The molecule has 1 aliphatic heterocycles. The minimum absolute atomic E-state index is 0.0545. The van der Waals surface area contributed by atoms with Gasteiger partial charge >= 0.3 is 0 Å². The molecule has 1 N–H and O–H groups in total. The molecule has 0 aliphatic carbocycles. The van der Waals surface area contributed by atoms with Crippen LogP contribution in [0.15, 0.2) is 34.9 Å². The minimum Gasteiger partial charge on any atom is -0.381 e. The third-order valence-corrected chi connectivity index (χ3v) is 4.35. The molecule has 2 aromatic rings. The number of nitrogens with one attached hydrogen (secondary N) is 1. The van der Waals surface area contributed by atoms with Gasteiger partial charge in [0.1, 0.15) is 0 Å². The quantitative estimate of drug-likeness (QED) is 0.936. The van der Waals surface area contributed by atoms with E-state index in [0.717, 1.165) is 31.9 Å². The van der Waals surface area contributed by atoms with E-state index in [0.29, 0.717) is 5.89 Å². The summed E-state index contributed by atoms with van der Waals surface area (Å²) in [6.07, 6.45) is 1.76. The maximum absolute atomic E-state index is 5.54. The molecule has 1 atom stereocenters. The zero-order valence-corrected chi connectivity index (χ0v) is 12.5. The zero-order valence-electron chi connectivity index (χ0n) is 12.5. The largest absolute Gasteiger partial charge is 0.381 e. The highest BCUT2D eigenvalue weighted by Gasteiger charge is 2.40. The number of nitrogens with zero attached hydrogens (tertiary/aromatic N) is 2. The SMILES string of the molecule is CNC(C)c1nc(C2(c3ccccc3)CCOCC2)no1. The van der Waals surface area contributed by atoms with Crippen LogP contribution in [0.25, 0.3) is 0 Å². The third kappa shape index (κ3) is 2.59. The summed E-state index contributed by atoms with van der Waals surface area (Å²) < 4.78 is 11.0. The smallest absolute Gasteiger partial charge is 0.243 e. The Hall–Kier alpha value is -1.72. The van der Waals surface area contributed by atoms with Crippen molar-refractivity contribution in [2.75, 3.05) is 20.3 Å².